The molecule has 0 unspecified atom stereocenters. The van der Waals surface area contributed by atoms with Gasteiger partial charge >= 0.3 is 0 Å². The van der Waals surface area contributed by atoms with Crippen LogP contribution in [0, 0.1) is 0 Å². The van der Waals surface area contributed by atoms with Crippen LogP contribution in [0.5, 0.6) is 0 Å². The number of anilines is 1. The largest absolute Gasteiger partial charge is 0.302 e. The van der Waals surface area contributed by atoms with Gasteiger partial charge < -0.3 is 5.32 Å². The molecule has 3 rings (SSSR count). The van der Waals surface area contributed by atoms with E-state index in [1.807, 2.05) is 6.07 Å². The molecule has 0 saturated carbocycles. The maximum absolute atomic E-state index is 12.1. The molecular weight excluding hydrogens is 396 g/mol. The lowest BCUT2D eigenvalue weighted by Crippen LogP contribution is -2.14. The van der Waals surface area contributed by atoms with Gasteiger partial charge in [0.15, 0.2) is 5.82 Å². The van der Waals surface area contributed by atoms with Gasteiger partial charge in [0.25, 0.3) is 5.91 Å². The molecule has 0 aliphatic heterocycles. The van der Waals surface area contributed by atoms with Crippen LogP contribution < -0.4 is 5.32 Å². The van der Waals surface area contributed by atoms with Crippen molar-refractivity contribution in [3.05, 3.63) is 61.9 Å². The predicted octanol–water partition coefficient (Wildman–Crippen LogP) is 4.52. The Labute approximate surface area is 156 Å². The molecule has 10 heteroatoms. The number of H-pyrrole nitrogens is 1. The van der Waals surface area contributed by atoms with E-state index in [9.17, 15) is 4.79 Å². The Bertz CT molecular complexity index is 904. The van der Waals surface area contributed by atoms with Crippen LogP contribution in [0.3, 0.4) is 0 Å². The van der Waals surface area contributed by atoms with E-state index < -0.39 is 5.91 Å². The molecule has 0 aliphatic carbocycles. The van der Waals surface area contributed by atoms with Crippen molar-refractivity contribution in [2.75, 3.05) is 5.32 Å². The first kappa shape index (κ1) is 17.1. The minimum atomic E-state index is -0.487. The number of halogens is 4. The Hall–Kier alpha value is -1.73. The standard InChI is InChI=1S/C14H9Cl4N5O/c15-8-2-1-7(3-9(8)16)5-23-6-11(18)13(22-23)20-14(24)12-10(17)4-19-21-12/h1-4,6H,5H2,(H,19,21)(H,20,22,24). The molecule has 2 N–H and O–H groups in total. The quantitative estimate of drug-likeness (QED) is 0.671. The SMILES string of the molecule is O=C(Nc1nn(Cc2ccc(Cl)c(Cl)c2)cc1Cl)c1[nH]ncc1Cl. The fraction of sp³-hybridized carbons (Fsp3) is 0.0714. The van der Waals surface area contributed by atoms with Crippen LogP contribution in [-0.4, -0.2) is 25.9 Å². The number of carbonyl (C=O) groups is 1. The number of hydrogen-bond acceptors (Lipinski definition) is 3. The number of benzene rings is 1. The summed E-state index contributed by atoms with van der Waals surface area (Å²) in [5.74, 6) is -0.272. The van der Waals surface area contributed by atoms with Crippen LogP contribution >= 0.6 is 46.4 Å². The third kappa shape index (κ3) is 3.67. The Balaban J connectivity index is 1.76. The minimum absolute atomic E-state index is 0.131. The number of rotatable bonds is 4. The van der Waals surface area contributed by atoms with E-state index in [-0.39, 0.29) is 16.5 Å². The summed E-state index contributed by atoms with van der Waals surface area (Å²) in [6.07, 6.45) is 2.93. The highest BCUT2D eigenvalue weighted by molar-refractivity contribution is 6.42. The fourth-order valence-electron chi connectivity index (χ4n) is 1.99. The summed E-state index contributed by atoms with van der Waals surface area (Å²) in [7, 11) is 0. The number of aromatic nitrogens is 4. The molecule has 0 bridgehead atoms. The Morgan fingerprint density at radius 3 is 2.58 bits per heavy atom. The Morgan fingerprint density at radius 1 is 1.12 bits per heavy atom. The van der Waals surface area contributed by atoms with Crippen molar-refractivity contribution in [1.82, 2.24) is 20.0 Å². The molecule has 0 fully saturated rings. The molecule has 2 aromatic heterocycles. The molecule has 1 aromatic carbocycles. The van der Waals surface area contributed by atoms with Crippen molar-refractivity contribution in [1.29, 1.82) is 0 Å². The lowest BCUT2D eigenvalue weighted by atomic mass is 10.2. The predicted molar refractivity (Wildman–Crippen MR) is 94.4 cm³/mol. The molecule has 3 aromatic rings. The van der Waals surface area contributed by atoms with Gasteiger partial charge in [-0.3, -0.25) is 14.6 Å². The third-order valence-electron chi connectivity index (χ3n) is 3.10. The van der Waals surface area contributed by atoms with Gasteiger partial charge in [-0.2, -0.15) is 10.2 Å². The molecule has 0 aliphatic rings. The monoisotopic (exact) mass is 403 g/mol. The van der Waals surface area contributed by atoms with E-state index in [0.717, 1.165) is 5.56 Å². The number of carbonyl (C=O) groups excluding carboxylic acids is 1. The first-order valence-electron chi connectivity index (χ1n) is 6.61. The third-order valence-corrected chi connectivity index (χ3v) is 4.40. The first-order valence-corrected chi connectivity index (χ1v) is 8.12. The van der Waals surface area contributed by atoms with Crippen molar-refractivity contribution in [3.63, 3.8) is 0 Å². The van der Waals surface area contributed by atoms with Crippen molar-refractivity contribution in [2.24, 2.45) is 0 Å². The summed E-state index contributed by atoms with van der Waals surface area (Å²) in [4.78, 5) is 12.1. The summed E-state index contributed by atoms with van der Waals surface area (Å²) in [6.45, 7) is 0.414. The van der Waals surface area contributed by atoms with Gasteiger partial charge in [-0.05, 0) is 17.7 Å². The highest BCUT2D eigenvalue weighted by atomic mass is 35.5. The maximum atomic E-state index is 12.1. The zero-order chi connectivity index (χ0) is 17.3. The van der Waals surface area contributed by atoms with E-state index in [0.29, 0.717) is 21.6 Å². The van der Waals surface area contributed by atoms with E-state index in [2.05, 4.69) is 20.6 Å². The van der Waals surface area contributed by atoms with Gasteiger partial charge in [0.2, 0.25) is 0 Å². The second kappa shape index (κ2) is 7.03. The highest BCUT2D eigenvalue weighted by Crippen LogP contribution is 2.25. The lowest BCUT2D eigenvalue weighted by molar-refractivity contribution is 0.102. The topological polar surface area (TPSA) is 75.6 Å². The summed E-state index contributed by atoms with van der Waals surface area (Å²) >= 11 is 23.8. The molecular formula is C14H9Cl4N5O. The van der Waals surface area contributed by atoms with E-state index >= 15 is 0 Å². The molecule has 0 saturated heterocycles. The zero-order valence-corrected chi connectivity index (χ0v) is 14.9. The second-order valence-electron chi connectivity index (χ2n) is 4.82. The molecule has 2 heterocycles. The van der Waals surface area contributed by atoms with Crippen molar-refractivity contribution in [2.45, 2.75) is 6.54 Å². The van der Waals surface area contributed by atoms with Gasteiger partial charge in [-0.15, -0.1) is 0 Å². The smallest absolute Gasteiger partial charge is 0.276 e. The van der Waals surface area contributed by atoms with Crippen LogP contribution in [0.25, 0.3) is 0 Å². The van der Waals surface area contributed by atoms with Gasteiger partial charge in [-0.25, -0.2) is 0 Å². The van der Waals surface area contributed by atoms with Gasteiger partial charge in [0.05, 0.1) is 27.8 Å². The van der Waals surface area contributed by atoms with Crippen LogP contribution in [0.2, 0.25) is 20.1 Å². The van der Waals surface area contributed by atoms with Crippen LogP contribution in [0.15, 0.2) is 30.6 Å². The lowest BCUT2D eigenvalue weighted by Gasteiger charge is -2.04. The number of nitrogens with one attached hydrogen (secondary N) is 2. The van der Waals surface area contributed by atoms with Gasteiger partial charge in [0, 0.05) is 6.20 Å². The molecule has 0 atom stereocenters. The van der Waals surface area contributed by atoms with Gasteiger partial charge in [-0.1, -0.05) is 52.5 Å². The zero-order valence-electron chi connectivity index (χ0n) is 11.9. The summed E-state index contributed by atoms with van der Waals surface area (Å²) < 4.78 is 1.58. The fourth-order valence-corrected chi connectivity index (χ4v) is 2.68. The number of nitrogens with zero attached hydrogens (tertiary/aromatic N) is 3. The summed E-state index contributed by atoms with van der Waals surface area (Å²) in [5.41, 5.74) is 1.02. The van der Waals surface area contributed by atoms with Crippen molar-refractivity contribution >= 4 is 58.1 Å². The summed E-state index contributed by atoms with van der Waals surface area (Å²) in [6, 6.07) is 5.27. The molecule has 6 nitrogen and oxygen atoms in total. The molecule has 0 spiro atoms. The summed E-state index contributed by atoms with van der Waals surface area (Å²) in [5, 5.41) is 14.4. The minimum Gasteiger partial charge on any atom is -0.302 e. The van der Waals surface area contributed by atoms with E-state index in [4.69, 9.17) is 46.4 Å². The highest BCUT2D eigenvalue weighted by Gasteiger charge is 2.16. The average molecular weight is 405 g/mol. The van der Waals surface area contributed by atoms with Crippen LogP contribution in [0.4, 0.5) is 5.82 Å². The Morgan fingerprint density at radius 2 is 1.92 bits per heavy atom. The van der Waals surface area contributed by atoms with Crippen LogP contribution in [0.1, 0.15) is 16.1 Å². The Kier molecular flexibility index (Phi) is 5.01. The first-order chi connectivity index (χ1) is 11.4. The number of aromatic amines is 1. The molecule has 24 heavy (non-hydrogen) atoms. The number of hydrogen-bond donors (Lipinski definition) is 2. The molecule has 0 radical (unpaired) electrons. The van der Waals surface area contributed by atoms with E-state index in [1.54, 1.807) is 23.0 Å². The maximum Gasteiger partial charge on any atom is 0.276 e. The molecule has 124 valence electrons. The van der Waals surface area contributed by atoms with Crippen molar-refractivity contribution in [3.8, 4) is 0 Å². The normalized spacial score (nSPS) is 10.8. The van der Waals surface area contributed by atoms with Crippen LogP contribution in [-0.2, 0) is 6.54 Å². The number of amides is 1. The average Bonchev–Trinajstić information content (AvgIpc) is 3.09. The van der Waals surface area contributed by atoms with Crippen molar-refractivity contribution < 1.29 is 4.79 Å². The van der Waals surface area contributed by atoms with Gasteiger partial charge in [0.1, 0.15) is 10.7 Å². The second-order valence-corrected chi connectivity index (χ2v) is 6.45. The molecule has 1 amide bonds. The van der Waals surface area contributed by atoms with E-state index in [1.165, 1.54) is 6.20 Å².